The Balaban J connectivity index is 1.80. The number of hydrogen-bond acceptors (Lipinski definition) is 3. The summed E-state index contributed by atoms with van der Waals surface area (Å²) in [6.07, 6.45) is 6.26. The first-order chi connectivity index (χ1) is 13.7. The van der Waals surface area contributed by atoms with Crippen LogP contribution >= 0.6 is 11.6 Å². The van der Waals surface area contributed by atoms with Crippen LogP contribution in [0.1, 0.15) is 18.4 Å². The molecule has 28 heavy (non-hydrogen) atoms. The Morgan fingerprint density at radius 2 is 1.75 bits per heavy atom. The predicted octanol–water partition coefficient (Wildman–Crippen LogP) is 5.65. The number of anilines is 1. The molecule has 0 bridgehead atoms. The fourth-order valence-corrected chi connectivity index (χ4v) is 4.15. The lowest BCUT2D eigenvalue weighted by atomic mass is 10.1. The van der Waals surface area contributed by atoms with Crippen LogP contribution in [-0.4, -0.2) is 27.6 Å². The van der Waals surface area contributed by atoms with Gasteiger partial charge in [-0.15, -0.1) is 0 Å². The lowest BCUT2D eigenvalue weighted by molar-refractivity contribution is 0.937. The van der Waals surface area contributed by atoms with Crippen LogP contribution in [0.15, 0.2) is 61.1 Å². The SMILES string of the molecule is Cc1ccc(-n2cc(-c3ccccc3)c3c(N4CCCC4)ncnc32)cc1Cl. The van der Waals surface area contributed by atoms with Gasteiger partial charge in [-0.25, -0.2) is 9.97 Å². The highest BCUT2D eigenvalue weighted by molar-refractivity contribution is 6.31. The van der Waals surface area contributed by atoms with Crippen LogP contribution in [0.3, 0.4) is 0 Å². The fourth-order valence-electron chi connectivity index (χ4n) is 3.98. The second kappa shape index (κ2) is 6.95. The van der Waals surface area contributed by atoms with Gasteiger partial charge >= 0.3 is 0 Å². The van der Waals surface area contributed by atoms with E-state index < -0.39 is 0 Å². The van der Waals surface area contributed by atoms with Crippen molar-refractivity contribution >= 4 is 28.5 Å². The Bertz CT molecular complexity index is 1140. The van der Waals surface area contributed by atoms with E-state index in [1.807, 2.05) is 25.1 Å². The summed E-state index contributed by atoms with van der Waals surface area (Å²) in [7, 11) is 0. The van der Waals surface area contributed by atoms with E-state index in [0.717, 1.165) is 51.8 Å². The number of rotatable bonds is 3. The molecule has 0 N–H and O–H groups in total. The second-order valence-corrected chi connectivity index (χ2v) is 7.71. The molecular formula is C23H21ClN4. The van der Waals surface area contributed by atoms with Gasteiger partial charge in [0.1, 0.15) is 12.1 Å². The van der Waals surface area contributed by atoms with E-state index >= 15 is 0 Å². The zero-order valence-electron chi connectivity index (χ0n) is 15.8. The van der Waals surface area contributed by atoms with Gasteiger partial charge in [-0.2, -0.15) is 0 Å². The lowest BCUT2D eigenvalue weighted by Crippen LogP contribution is -2.19. The summed E-state index contributed by atoms with van der Waals surface area (Å²) in [5.74, 6) is 1.03. The van der Waals surface area contributed by atoms with E-state index in [1.54, 1.807) is 6.33 Å². The van der Waals surface area contributed by atoms with Gasteiger partial charge in [-0.05, 0) is 43.0 Å². The number of aryl methyl sites for hydroxylation is 1. The maximum Gasteiger partial charge on any atom is 0.150 e. The molecular weight excluding hydrogens is 368 g/mol. The van der Waals surface area contributed by atoms with Crippen LogP contribution < -0.4 is 4.90 Å². The molecule has 4 nitrogen and oxygen atoms in total. The molecule has 1 saturated heterocycles. The average molecular weight is 389 g/mol. The highest BCUT2D eigenvalue weighted by Gasteiger charge is 2.22. The minimum absolute atomic E-state index is 0.759. The number of hydrogen-bond donors (Lipinski definition) is 0. The highest BCUT2D eigenvalue weighted by Crippen LogP contribution is 2.37. The zero-order chi connectivity index (χ0) is 19.1. The maximum atomic E-state index is 6.42. The summed E-state index contributed by atoms with van der Waals surface area (Å²) in [5, 5.41) is 1.86. The predicted molar refractivity (Wildman–Crippen MR) is 115 cm³/mol. The van der Waals surface area contributed by atoms with Crippen molar-refractivity contribution in [2.75, 3.05) is 18.0 Å². The second-order valence-electron chi connectivity index (χ2n) is 7.30. The molecule has 0 spiro atoms. The molecule has 5 rings (SSSR count). The van der Waals surface area contributed by atoms with Crippen LogP contribution in [-0.2, 0) is 0 Å². The fraction of sp³-hybridized carbons (Fsp3) is 0.217. The average Bonchev–Trinajstić information content (AvgIpc) is 3.39. The van der Waals surface area contributed by atoms with Crippen molar-refractivity contribution in [1.29, 1.82) is 0 Å². The molecule has 3 heterocycles. The van der Waals surface area contributed by atoms with Crippen LogP contribution in [0, 0.1) is 6.92 Å². The monoisotopic (exact) mass is 388 g/mol. The summed E-state index contributed by atoms with van der Waals surface area (Å²) in [5.41, 5.74) is 5.30. The Morgan fingerprint density at radius 1 is 0.964 bits per heavy atom. The molecule has 2 aromatic heterocycles. The number of aromatic nitrogens is 3. The van der Waals surface area contributed by atoms with Gasteiger partial charge in [-0.3, -0.25) is 0 Å². The first-order valence-electron chi connectivity index (χ1n) is 9.65. The van der Waals surface area contributed by atoms with Crippen molar-refractivity contribution in [2.24, 2.45) is 0 Å². The quantitative estimate of drug-likeness (QED) is 0.454. The van der Waals surface area contributed by atoms with Crippen LogP contribution in [0.4, 0.5) is 5.82 Å². The molecule has 5 heteroatoms. The van der Waals surface area contributed by atoms with Crippen molar-refractivity contribution in [3.05, 3.63) is 71.6 Å². The summed E-state index contributed by atoms with van der Waals surface area (Å²) in [6, 6.07) is 16.6. The van der Waals surface area contributed by atoms with Crippen molar-refractivity contribution in [2.45, 2.75) is 19.8 Å². The van der Waals surface area contributed by atoms with E-state index in [0.29, 0.717) is 0 Å². The van der Waals surface area contributed by atoms with Gasteiger partial charge in [0.05, 0.1) is 5.39 Å². The van der Waals surface area contributed by atoms with E-state index in [1.165, 1.54) is 18.4 Å². The summed E-state index contributed by atoms with van der Waals surface area (Å²) >= 11 is 6.42. The molecule has 2 aromatic carbocycles. The Morgan fingerprint density at radius 3 is 2.50 bits per heavy atom. The molecule has 0 amide bonds. The molecule has 0 aliphatic carbocycles. The lowest BCUT2D eigenvalue weighted by Gasteiger charge is -2.17. The number of nitrogens with zero attached hydrogens (tertiary/aromatic N) is 4. The van der Waals surface area contributed by atoms with Crippen molar-refractivity contribution in [3.8, 4) is 16.8 Å². The Labute approximate surface area is 169 Å². The molecule has 1 aliphatic rings. The summed E-state index contributed by atoms with van der Waals surface area (Å²) < 4.78 is 2.13. The molecule has 0 unspecified atom stereocenters. The van der Waals surface area contributed by atoms with E-state index in [4.69, 9.17) is 11.6 Å². The maximum absolute atomic E-state index is 6.42. The van der Waals surface area contributed by atoms with E-state index in [2.05, 4.69) is 56.0 Å². The normalized spacial score (nSPS) is 14.1. The van der Waals surface area contributed by atoms with Gasteiger partial charge < -0.3 is 9.47 Å². The van der Waals surface area contributed by atoms with Crippen molar-refractivity contribution < 1.29 is 0 Å². The van der Waals surface area contributed by atoms with E-state index in [-0.39, 0.29) is 0 Å². The summed E-state index contributed by atoms with van der Waals surface area (Å²) in [6.45, 7) is 4.10. The van der Waals surface area contributed by atoms with Gasteiger partial charge in [0.2, 0.25) is 0 Å². The third-order valence-electron chi connectivity index (χ3n) is 5.49. The minimum atomic E-state index is 0.759. The van der Waals surface area contributed by atoms with Crippen LogP contribution in [0.2, 0.25) is 5.02 Å². The smallest absolute Gasteiger partial charge is 0.150 e. The topological polar surface area (TPSA) is 34.0 Å². The molecule has 1 aliphatic heterocycles. The van der Waals surface area contributed by atoms with Gasteiger partial charge in [-0.1, -0.05) is 48.0 Å². The largest absolute Gasteiger partial charge is 0.356 e. The zero-order valence-corrected chi connectivity index (χ0v) is 16.5. The van der Waals surface area contributed by atoms with Crippen molar-refractivity contribution in [1.82, 2.24) is 14.5 Å². The molecule has 0 radical (unpaired) electrons. The first-order valence-corrected chi connectivity index (χ1v) is 10.0. The van der Waals surface area contributed by atoms with Crippen LogP contribution in [0.25, 0.3) is 27.8 Å². The molecule has 140 valence electrons. The third kappa shape index (κ3) is 2.85. The Hall–Kier alpha value is -2.85. The van der Waals surface area contributed by atoms with Crippen molar-refractivity contribution in [3.63, 3.8) is 0 Å². The van der Waals surface area contributed by atoms with Crippen LogP contribution in [0.5, 0.6) is 0 Å². The molecule has 4 aromatic rings. The minimum Gasteiger partial charge on any atom is -0.356 e. The van der Waals surface area contributed by atoms with Gasteiger partial charge in [0.15, 0.2) is 5.65 Å². The molecule has 1 fully saturated rings. The molecule has 0 atom stereocenters. The number of fused-ring (bicyclic) bond motifs is 1. The van der Waals surface area contributed by atoms with E-state index in [9.17, 15) is 0 Å². The third-order valence-corrected chi connectivity index (χ3v) is 5.89. The molecule has 0 saturated carbocycles. The highest BCUT2D eigenvalue weighted by atomic mass is 35.5. The summed E-state index contributed by atoms with van der Waals surface area (Å²) in [4.78, 5) is 11.7. The Kier molecular flexibility index (Phi) is 4.29. The van der Waals surface area contributed by atoms with Gasteiger partial charge in [0, 0.05) is 35.6 Å². The number of benzene rings is 2. The standard InChI is InChI=1S/C23H21ClN4/c1-16-9-10-18(13-20(16)24)28-14-19(17-7-3-2-4-8-17)21-22(25-15-26-23(21)28)27-11-5-6-12-27/h2-4,7-10,13-15H,5-6,11-12H2,1H3. The first kappa shape index (κ1) is 17.3. The number of halogens is 1. The van der Waals surface area contributed by atoms with Gasteiger partial charge in [0.25, 0.3) is 0 Å².